The van der Waals surface area contributed by atoms with Crippen molar-refractivity contribution in [3.05, 3.63) is 24.3 Å². The highest BCUT2D eigenvalue weighted by atomic mass is 16.7. The van der Waals surface area contributed by atoms with Gasteiger partial charge in [0.1, 0.15) is 18.7 Å². The van der Waals surface area contributed by atoms with Crippen LogP contribution in [-0.2, 0) is 19.1 Å². The zero-order valence-corrected chi connectivity index (χ0v) is 20.1. The van der Waals surface area contributed by atoms with Crippen molar-refractivity contribution in [3.63, 3.8) is 0 Å². The molecule has 0 fully saturated rings. The number of nitrogens with zero attached hydrogens (tertiary/aromatic N) is 4. The average Bonchev–Trinajstić information content (AvgIpc) is 3.25. The van der Waals surface area contributed by atoms with Gasteiger partial charge in [0, 0.05) is 44.3 Å². The monoisotopic (exact) mass is 512 g/mol. The topological polar surface area (TPSA) is 193 Å². The van der Waals surface area contributed by atoms with E-state index in [0.717, 1.165) is 34.1 Å². The van der Waals surface area contributed by atoms with Crippen molar-refractivity contribution in [2.45, 2.75) is 32.8 Å². The molecular formula is C21H28N4O11. The molecule has 36 heavy (non-hydrogen) atoms. The molecule has 2 aromatic rings. The maximum atomic E-state index is 12.8. The van der Waals surface area contributed by atoms with Crippen LogP contribution in [0.25, 0.3) is 0 Å². The minimum Gasteiger partial charge on any atom is -0.492 e. The number of rotatable bonds is 9. The molecule has 0 aliphatic heterocycles. The van der Waals surface area contributed by atoms with Crippen molar-refractivity contribution >= 4 is 23.9 Å². The Morgan fingerprint density at radius 3 is 1.56 bits per heavy atom. The second-order valence-electron chi connectivity index (χ2n) is 8.52. The second-order valence-corrected chi connectivity index (χ2v) is 8.52. The third kappa shape index (κ3) is 7.75. The van der Waals surface area contributed by atoms with Crippen molar-refractivity contribution in [3.8, 4) is 23.5 Å². The predicted octanol–water partition coefficient (Wildman–Crippen LogP) is -0.192. The van der Waals surface area contributed by atoms with Crippen LogP contribution < -0.4 is 9.68 Å². The Bertz CT molecular complexity index is 1010. The molecule has 0 atom stereocenters. The smallest absolute Gasteiger partial charge is 0.410 e. The summed E-state index contributed by atoms with van der Waals surface area (Å²) >= 11 is 0. The average molecular weight is 512 g/mol. The highest BCUT2D eigenvalue weighted by Crippen LogP contribution is 2.20. The second kappa shape index (κ2) is 11.2. The normalized spacial score (nSPS) is 11.0. The number of amides is 2. The zero-order valence-electron chi connectivity index (χ0n) is 20.1. The fourth-order valence-corrected chi connectivity index (χ4v) is 2.65. The molecule has 0 aliphatic carbocycles. The number of hydrogen-bond donors (Lipinski definition) is 4. The van der Waals surface area contributed by atoms with Crippen LogP contribution in [0.4, 0.5) is 4.79 Å². The van der Waals surface area contributed by atoms with Gasteiger partial charge in [0.2, 0.25) is 29.4 Å². The molecule has 4 N–H and O–H groups in total. The quantitative estimate of drug-likeness (QED) is 0.348. The summed E-state index contributed by atoms with van der Waals surface area (Å²) in [5, 5.41) is 38.5. The minimum absolute atomic E-state index is 0.132. The first-order valence-corrected chi connectivity index (χ1v) is 10.5. The van der Waals surface area contributed by atoms with E-state index in [4.69, 9.17) is 14.4 Å². The number of aromatic nitrogens is 2. The van der Waals surface area contributed by atoms with E-state index in [9.17, 15) is 39.6 Å². The Balaban J connectivity index is 2.10. The van der Waals surface area contributed by atoms with Gasteiger partial charge >= 0.3 is 18.0 Å². The number of carbonyl (C=O) groups is 4. The van der Waals surface area contributed by atoms with Crippen LogP contribution in [0.1, 0.15) is 27.2 Å². The van der Waals surface area contributed by atoms with Crippen LogP contribution in [0.3, 0.4) is 0 Å². The molecule has 0 spiro atoms. The molecule has 198 valence electrons. The SMILES string of the molecule is CN(CCC(=O)N(CC(=O)On1c(O)ccc1O)CC(=O)On1c(O)ccc1O)C(=O)OC(C)(C)C. The van der Waals surface area contributed by atoms with E-state index in [-0.39, 0.29) is 13.0 Å². The number of hydrogen-bond acceptors (Lipinski definition) is 11. The molecule has 2 heterocycles. The fourth-order valence-electron chi connectivity index (χ4n) is 2.65. The summed E-state index contributed by atoms with van der Waals surface area (Å²) in [4.78, 5) is 61.1. The maximum absolute atomic E-state index is 12.8. The van der Waals surface area contributed by atoms with E-state index < -0.39 is 66.1 Å². The van der Waals surface area contributed by atoms with Crippen molar-refractivity contribution in [2.75, 3.05) is 26.7 Å². The lowest BCUT2D eigenvalue weighted by molar-refractivity contribution is -0.156. The molecule has 2 rings (SSSR count). The molecule has 0 saturated heterocycles. The number of ether oxygens (including phenoxy) is 1. The van der Waals surface area contributed by atoms with E-state index >= 15 is 0 Å². The van der Waals surface area contributed by atoms with E-state index in [2.05, 4.69) is 0 Å². The van der Waals surface area contributed by atoms with Crippen LogP contribution in [0, 0.1) is 0 Å². The summed E-state index contributed by atoms with van der Waals surface area (Å²) in [7, 11) is 1.39. The predicted molar refractivity (Wildman–Crippen MR) is 119 cm³/mol. The van der Waals surface area contributed by atoms with Gasteiger partial charge in [0.15, 0.2) is 0 Å². The van der Waals surface area contributed by atoms with Crippen LogP contribution in [0.15, 0.2) is 24.3 Å². The molecule has 0 saturated carbocycles. The van der Waals surface area contributed by atoms with Crippen LogP contribution in [0.2, 0.25) is 0 Å². The Morgan fingerprint density at radius 2 is 1.19 bits per heavy atom. The van der Waals surface area contributed by atoms with E-state index in [1.165, 1.54) is 7.05 Å². The zero-order chi connectivity index (χ0) is 27.2. The Morgan fingerprint density at radius 1 is 0.806 bits per heavy atom. The molecule has 15 nitrogen and oxygen atoms in total. The molecule has 0 unspecified atom stereocenters. The van der Waals surface area contributed by atoms with E-state index in [0.29, 0.717) is 9.46 Å². The summed E-state index contributed by atoms with van der Waals surface area (Å²) in [6.45, 7) is 3.22. The summed E-state index contributed by atoms with van der Waals surface area (Å²) < 4.78 is 5.99. The molecule has 2 amide bonds. The highest BCUT2D eigenvalue weighted by Gasteiger charge is 2.26. The molecule has 0 aliphatic rings. The van der Waals surface area contributed by atoms with Gasteiger partial charge in [-0.1, -0.05) is 0 Å². The molecular weight excluding hydrogens is 484 g/mol. The molecule has 15 heteroatoms. The third-order valence-electron chi connectivity index (χ3n) is 4.34. The van der Waals surface area contributed by atoms with Crippen molar-refractivity contribution < 1.29 is 54.0 Å². The number of aromatic hydroxyl groups is 4. The summed E-state index contributed by atoms with van der Waals surface area (Å²) in [5.41, 5.74) is -0.764. The van der Waals surface area contributed by atoms with Crippen molar-refractivity contribution in [1.29, 1.82) is 0 Å². The van der Waals surface area contributed by atoms with Gasteiger partial charge in [-0.3, -0.25) is 4.79 Å². The number of carbonyl (C=O) groups excluding carboxylic acids is 4. The first-order chi connectivity index (χ1) is 16.7. The Kier molecular flexibility index (Phi) is 8.65. The summed E-state index contributed by atoms with van der Waals surface area (Å²) in [5.74, 6) is -5.48. The van der Waals surface area contributed by atoms with E-state index in [1.807, 2.05) is 0 Å². The lowest BCUT2D eigenvalue weighted by Crippen LogP contribution is -2.45. The third-order valence-corrected chi connectivity index (χ3v) is 4.34. The van der Waals surface area contributed by atoms with Gasteiger partial charge < -0.3 is 44.6 Å². The molecule has 0 bridgehead atoms. The highest BCUT2D eigenvalue weighted by molar-refractivity contribution is 5.86. The molecule has 2 aromatic heterocycles. The van der Waals surface area contributed by atoms with Crippen molar-refractivity contribution in [2.24, 2.45) is 0 Å². The fraction of sp³-hybridized carbons (Fsp3) is 0.429. The van der Waals surface area contributed by atoms with Gasteiger partial charge in [-0.2, -0.15) is 0 Å². The van der Waals surface area contributed by atoms with Gasteiger partial charge in [0.05, 0.1) is 0 Å². The van der Waals surface area contributed by atoms with Crippen molar-refractivity contribution in [1.82, 2.24) is 19.3 Å². The van der Waals surface area contributed by atoms with Gasteiger partial charge in [-0.15, -0.1) is 9.46 Å². The maximum Gasteiger partial charge on any atom is 0.410 e. The molecule has 0 radical (unpaired) electrons. The first-order valence-electron chi connectivity index (χ1n) is 10.5. The summed E-state index contributed by atoms with van der Waals surface area (Å²) in [6.07, 6.45) is -1.03. The van der Waals surface area contributed by atoms with E-state index in [1.54, 1.807) is 20.8 Å². The van der Waals surface area contributed by atoms with Crippen LogP contribution in [-0.4, -0.2) is 95.9 Å². The first kappa shape index (κ1) is 27.7. The largest absolute Gasteiger partial charge is 0.492 e. The Hall–Kier alpha value is -4.56. The standard InChI is InChI=1S/C21H28N4O11/c1-21(2,3)34-20(33)22(4)10-9-13(26)23(11-18(31)35-24-14(27)5-6-15(24)28)12-19(32)36-25-16(29)7-8-17(25)30/h5-8,27-30H,9-12H2,1-4H3. The van der Waals surface area contributed by atoms with Crippen LogP contribution >= 0.6 is 0 Å². The van der Waals surface area contributed by atoms with Gasteiger partial charge in [-0.25, -0.2) is 14.4 Å². The van der Waals surface area contributed by atoms with Gasteiger partial charge in [-0.05, 0) is 20.8 Å². The van der Waals surface area contributed by atoms with Crippen LogP contribution in [0.5, 0.6) is 23.5 Å². The van der Waals surface area contributed by atoms with Gasteiger partial charge in [0.25, 0.3) is 0 Å². The lowest BCUT2D eigenvalue weighted by atomic mass is 10.2. The minimum atomic E-state index is -1.15. The lowest BCUT2D eigenvalue weighted by Gasteiger charge is -2.25. The Labute approximate surface area is 205 Å². The molecule has 0 aromatic carbocycles. The summed E-state index contributed by atoms with van der Waals surface area (Å²) in [6, 6.07) is 4.19.